The fourth-order valence-corrected chi connectivity index (χ4v) is 5.83. The van der Waals surface area contributed by atoms with Crippen molar-refractivity contribution in [2.24, 2.45) is 0 Å². The number of fused-ring (bicyclic) bond motifs is 3. The van der Waals surface area contributed by atoms with Gasteiger partial charge in [0.15, 0.2) is 0 Å². The van der Waals surface area contributed by atoms with Crippen LogP contribution in [0.2, 0.25) is 0 Å². The molecular formula is C33H27N3O4S. The summed E-state index contributed by atoms with van der Waals surface area (Å²) in [7, 11) is 1.57. The van der Waals surface area contributed by atoms with Crippen LogP contribution in [0.1, 0.15) is 24.0 Å². The second-order valence-corrected chi connectivity index (χ2v) is 10.3. The molecule has 7 nitrogen and oxygen atoms in total. The molecule has 0 saturated heterocycles. The van der Waals surface area contributed by atoms with Crippen LogP contribution >= 0.6 is 11.3 Å². The number of benzene rings is 4. The van der Waals surface area contributed by atoms with Crippen LogP contribution < -0.4 is 14.8 Å². The highest BCUT2D eigenvalue weighted by molar-refractivity contribution is 7.07. The Morgan fingerprint density at radius 1 is 0.829 bits per heavy atom. The molecule has 0 bridgehead atoms. The average Bonchev–Trinajstić information content (AvgIpc) is 3.66. The molecule has 0 N–H and O–H groups in total. The molecule has 0 fully saturated rings. The van der Waals surface area contributed by atoms with Crippen molar-refractivity contribution in [2.75, 3.05) is 23.7 Å². The van der Waals surface area contributed by atoms with Crippen LogP contribution in [0, 0.1) is 0 Å². The average molecular weight is 562 g/mol. The lowest BCUT2D eigenvalue weighted by molar-refractivity contribution is -0.116. The van der Waals surface area contributed by atoms with Gasteiger partial charge in [-0.1, -0.05) is 60.7 Å². The number of nitrogens with zero attached hydrogens (tertiary/aromatic N) is 3. The minimum Gasteiger partial charge on any atom is -0.497 e. The van der Waals surface area contributed by atoms with Gasteiger partial charge in [0.25, 0.3) is 0 Å². The van der Waals surface area contributed by atoms with E-state index in [1.165, 1.54) is 28.3 Å². The van der Waals surface area contributed by atoms with Crippen molar-refractivity contribution < 1.29 is 19.1 Å². The van der Waals surface area contributed by atoms with E-state index >= 15 is 0 Å². The smallest absolute Gasteiger partial charge is 0.434 e. The summed E-state index contributed by atoms with van der Waals surface area (Å²) in [6.45, 7) is 1.53. The summed E-state index contributed by atoms with van der Waals surface area (Å²) in [6.07, 6.45) is -0.675. The lowest BCUT2D eigenvalue weighted by Crippen LogP contribution is -2.50. The zero-order valence-corrected chi connectivity index (χ0v) is 23.4. The van der Waals surface area contributed by atoms with Gasteiger partial charge in [-0.05, 0) is 58.7 Å². The maximum Gasteiger partial charge on any atom is 0.434 e. The highest BCUT2D eigenvalue weighted by Gasteiger charge is 2.33. The van der Waals surface area contributed by atoms with Gasteiger partial charge in [0.2, 0.25) is 5.91 Å². The van der Waals surface area contributed by atoms with Gasteiger partial charge in [-0.15, -0.1) is 11.3 Å². The Bertz CT molecular complexity index is 1660. The lowest BCUT2D eigenvalue weighted by Gasteiger charge is -2.33. The lowest BCUT2D eigenvalue weighted by atomic mass is 9.98. The number of hydrogen-bond acceptors (Lipinski definition) is 6. The van der Waals surface area contributed by atoms with Gasteiger partial charge in [0.1, 0.15) is 12.4 Å². The van der Waals surface area contributed by atoms with E-state index < -0.39 is 6.09 Å². The quantitative estimate of drug-likeness (QED) is 0.200. The number of aromatic nitrogens is 1. The topological polar surface area (TPSA) is 72.0 Å². The predicted octanol–water partition coefficient (Wildman–Crippen LogP) is 7.54. The van der Waals surface area contributed by atoms with E-state index in [1.54, 1.807) is 43.0 Å². The van der Waals surface area contributed by atoms with Gasteiger partial charge < -0.3 is 9.47 Å². The van der Waals surface area contributed by atoms with Crippen LogP contribution in [0.15, 0.2) is 108 Å². The molecule has 0 atom stereocenters. The first-order valence-electron chi connectivity index (χ1n) is 13.1. The summed E-state index contributed by atoms with van der Waals surface area (Å²) in [5, 5.41) is 4.54. The molecule has 6 rings (SSSR count). The van der Waals surface area contributed by atoms with E-state index in [1.807, 2.05) is 47.8 Å². The Kier molecular flexibility index (Phi) is 7.22. The summed E-state index contributed by atoms with van der Waals surface area (Å²) < 4.78 is 11.3. The third-order valence-electron chi connectivity index (χ3n) is 7.14. The Morgan fingerprint density at radius 2 is 1.51 bits per heavy atom. The molecule has 1 aromatic heterocycles. The number of anilines is 2. The van der Waals surface area contributed by atoms with Gasteiger partial charge in [-0.3, -0.25) is 4.79 Å². The third-order valence-corrected chi connectivity index (χ3v) is 7.73. The molecular weight excluding hydrogens is 534 g/mol. The van der Waals surface area contributed by atoms with Gasteiger partial charge >= 0.3 is 6.09 Å². The van der Waals surface area contributed by atoms with Gasteiger partial charge in [0, 0.05) is 23.8 Å². The first kappa shape index (κ1) is 26.3. The van der Waals surface area contributed by atoms with Crippen LogP contribution in [0.25, 0.3) is 22.4 Å². The largest absolute Gasteiger partial charge is 0.497 e. The molecule has 0 radical (unpaired) electrons. The fraction of sp³-hybridized carbons (Fsp3) is 0.121. The van der Waals surface area contributed by atoms with Crippen LogP contribution in [-0.2, 0) is 9.53 Å². The van der Waals surface area contributed by atoms with E-state index in [4.69, 9.17) is 9.47 Å². The Labute approximate surface area is 242 Å². The van der Waals surface area contributed by atoms with Crippen molar-refractivity contribution in [3.63, 3.8) is 0 Å². The molecule has 0 spiro atoms. The van der Waals surface area contributed by atoms with E-state index in [0.29, 0.717) is 17.1 Å². The summed E-state index contributed by atoms with van der Waals surface area (Å²) >= 11 is 1.49. The molecule has 41 heavy (non-hydrogen) atoms. The Balaban J connectivity index is 1.36. The molecule has 0 aliphatic heterocycles. The Hall–Kier alpha value is -4.95. The number of rotatable bonds is 6. The minimum atomic E-state index is -0.675. The molecule has 8 heteroatoms. The molecule has 5 aromatic rings. The van der Waals surface area contributed by atoms with Crippen LogP contribution in [0.5, 0.6) is 5.75 Å². The zero-order valence-electron chi connectivity index (χ0n) is 22.6. The second kappa shape index (κ2) is 11.3. The molecule has 1 heterocycles. The van der Waals surface area contributed by atoms with Crippen LogP contribution in [-0.4, -0.2) is 30.7 Å². The summed E-state index contributed by atoms with van der Waals surface area (Å²) in [6, 6.07) is 30.6. The molecule has 1 aliphatic carbocycles. The normalized spacial score (nSPS) is 11.9. The standard InChI is InChI=1S/C33H27N3O4S/c1-22(37)35(25-9-7-8-23(18-25)32-20-41-21-34-32)36(24-14-16-26(39-2)17-15-24)33(38)40-19-31-29-12-5-3-10-27(29)28-11-4-6-13-30(28)31/h3-18,20-21,31H,19H2,1-2H3. The van der Waals surface area contributed by atoms with Crippen molar-refractivity contribution in [3.05, 3.63) is 119 Å². The van der Waals surface area contributed by atoms with E-state index in [0.717, 1.165) is 33.5 Å². The maximum absolute atomic E-state index is 14.0. The first-order chi connectivity index (χ1) is 20.0. The van der Waals surface area contributed by atoms with E-state index in [-0.39, 0.29) is 18.4 Å². The van der Waals surface area contributed by atoms with Crippen molar-refractivity contribution in [1.29, 1.82) is 0 Å². The first-order valence-corrected chi connectivity index (χ1v) is 14.1. The molecule has 0 saturated carbocycles. The molecule has 204 valence electrons. The van der Waals surface area contributed by atoms with Crippen molar-refractivity contribution in [3.8, 4) is 28.1 Å². The minimum absolute atomic E-state index is 0.115. The number of thiazole rings is 1. The number of carbonyl (C=O) groups is 2. The highest BCUT2D eigenvalue weighted by atomic mass is 32.1. The summed E-state index contributed by atoms with van der Waals surface area (Å²) in [4.78, 5) is 31.6. The summed E-state index contributed by atoms with van der Waals surface area (Å²) in [5.41, 5.74) is 8.83. The van der Waals surface area contributed by atoms with Gasteiger partial charge in [0.05, 0.1) is 29.7 Å². The molecule has 0 unspecified atom stereocenters. The van der Waals surface area contributed by atoms with Crippen molar-refractivity contribution >= 4 is 34.7 Å². The van der Waals surface area contributed by atoms with E-state index in [9.17, 15) is 9.59 Å². The highest BCUT2D eigenvalue weighted by Crippen LogP contribution is 2.44. The number of ether oxygens (including phenoxy) is 2. The van der Waals surface area contributed by atoms with Crippen molar-refractivity contribution in [1.82, 2.24) is 4.98 Å². The monoisotopic (exact) mass is 561 g/mol. The van der Waals surface area contributed by atoms with E-state index in [2.05, 4.69) is 29.2 Å². The Morgan fingerprint density at radius 3 is 2.12 bits per heavy atom. The van der Waals surface area contributed by atoms with Crippen LogP contribution in [0.4, 0.5) is 16.2 Å². The number of amides is 2. The fourth-order valence-electron chi connectivity index (χ4n) is 5.27. The second-order valence-electron chi connectivity index (χ2n) is 9.57. The number of carbonyl (C=O) groups excluding carboxylic acids is 2. The number of hydrogen-bond donors (Lipinski definition) is 0. The molecule has 2 amide bonds. The zero-order chi connectivity index (χ0) is 28.3. The predicted molar refractivity (Wildman–Crippen MR) is 161 cm³/mol. The third kappa shape index (κ3) is 5.05. The van der Waals surface area contributed by atoms with Crippen LogP contribution in [0.3, 0.4) is 0 Å². The molecule has 4 aromatic carbocycles. The van der Waals surface area contributed by atoms with Gasteiger partial charge in [-0.25, -0.2) is 14.8 Å². The summed E-state index contributed by atoms with van der Waals surface area (Å²) in [5.74, 6) is 0.147. The number of hydrazine groups is 1. The van der Waals surface area contributed by atoms with Crippen molar-refractivity contribution in [2.45, 2.75) is 12.8 Å². The van der Waals surface area contributed by atoms with Gasteiger partial charge in [-0.2, -0.15) is 5.01 Å². The molecule has 1 aliphatic rings. The number of methoxy groups -OCH3 is 1. The SMILES string of the molecule is COc1ccc(N(C(=O)OCC2c3ccccc3-c3ccccc32)N(C(C)=O)c2cccc(-c3cscn3)c2)cc1. The maximum atomic E-state index is 14.0.